The topological polar surface area (TPSA) is 33.5 Å². The molecule has 0 saturated carbocycles. The molecule has 4 rings (SSSR count). The zero-order valence-electron chi connectivity index (χ0n) is 14.6. The molecule has 2 aromatic carbocycles. The van der Waals surface area contributed by atoms with Gasteiger partial charge in [0.1, 0.15) is 11.5 Å². The van der Waals surface area contributed by atoms with Crippen LogP contribution >= 0.6 is 47.2 Å². The van der Waals surface area contributed by atoms with Gasteiger partial charge in [0.05, 0.1) is 15.6 Å². The van der Waals surface area contributed by atoms with Crippen molar-refractivity contribution in [2.24, 2.45) is 0 Å². The molecule has 1 saturated heterocycles. The average Bonchev–Trinajstić information content (AvgIpc) is 3.20. The second-order valence-corrected chi connectivity index (χ2v) is 8.70. The van der Waals surface area contributed by atoms with E-state index in [1.807, 2.05) is 37.3 Å². The highest BCUT2D eigenvalue weighted by atomic mass is 35.5. The van der Waals surface area contributed by atoms with Crippen molar-refractivity contribution in [1.29, 1.82) is 0 Å². The van der Waals surface area contributed by atoms with Crippen LogP contribution in [0.2, 0.25) is 10.0 Å². The molecule has 0 radical (unpaired) electrons. The molecule has 0 N–H and O–H groups in total. The number of amides is 1. The van der Waals surface area contributed by atoms with E-state index >= 15 is 0 Å². The molecule has 28 heavy (non-hydrogen) atoms. The molecule has 0 aliphatic carbocycles. The van der Waals surface area contributed by atoms with Crippen molar-refractivity contribution in [2.45, 2.75) is 6.92 Å². The number of furan rings is 1. The summed E-state index contributed by atoms with van der Waals surface area (Å²) < 4.78 is 6.36. The predicted octanol–water partition coefficient (Wildman–Crippen LogP) is 6.97. The molecule has 0 unspecified atom stereocenters. The van der Waals surface area contributed by atoms with E-state index in [0.29, 0.717) is 30.8 Å². The molecule has 140 valence electrons. The van der Waals surface area contributed by atoms with Gasteiger partial charge in [0.2, 0.25) is 0 Å². The van der Waals surface area contributed by atoms with Crippen LogP contribution in [0.5, 0.6) is 0 Å². The van der Waals surface area contributed by atoms with E-state index in [1.54, 1.807) is 35.2 Å². The number of thioether (sulfide) groups is 1. The third-order valence-electron chi connectivity index (χ3n) is 4.15. The first-order valence-electron chi connectivity index (χ1n) is 8.32. The zero-order valence-corrected chi connectivity index (χ0v) is 17.8. The van der Waals surface area contributed by atoms with Gasteiger partial charge in [0, 0.05) is 16.7 Å². The highest BCUT2D eigenvalue weighted by Gasteiger charge is 2.33. The Kier molecular flexibility index (Phi) is 5.34. The number of thiocarbonyl (C=S) groups is 1. The summed E-state index contributed by atoms with van der Waals surface area (Å²) in [5.74, 6) is 0.982. The molecular formula is C21H13Cl2NO2S2. The molecule has 3 nitrogen and oxygen atoms in total. The number of carbonyl (C=O) groups is 1. The number of aryl methyl sites for hydroxylation is 1. The van der Waals surface area contributed by atoms with Gasteiger partial charge in [-0.1, -0.05) is 59.3 Å². The van der Waals surface area contributed by atoms with Gasteiger partial charge in [0.15, 0.2) is 4.32 Å². The Morgan fingerprint density at radius 1 is 1.11 bits per heavy atom. The quantitative estimate of drug-likeness (QED) is 0.321. The van der Waals surface area contributed by atoms with Crippen LogP contribution in [0.3, 0.4) is 0 Å². The van der Waals surface area contributed by atoms with E-state index in [9.17, 15) is 4.79 Å². The SMILES string of the molecule is Cc1cccc(N2C(=O)C(=Cc3ccc(-c4ccc(Cl)cc4Cl)o3)SC2=S)c1. The second kappa shape index (κ2) is 7.76. The van der Waals surface area contributed by atoms with Crippen molar-refractivity contribution < 1.29 is 9.21 Å². The smallest absolute Gasteiger partial charge is 0.270 e. The van der Waals surface area contributed by atoms with Crippen LogP contribution in [0, 0.1) is 6.92 Å². The maximum atomic E-state index is 12.9. The number of carbonyl (C=O) groups excluding carboxylic acids is 1. The zero-order chi connectivity index (χ0) is 19.8. The summed E-state index contributed by atoms with van der Waals surface area (Å²) in [5, 5.41) is 1.06. The van der Waals surface area contributed by atoms with E-state index in [0.717, 1.165) is 16.8 Å². The lowest BCUT2D eigenvalue weighted by atomic mass is 10.2. The number of halogens is 2. The first-order chi connectivity index (χ1) is 13.4. The summed E-state index contributed by atoms with van der Waals surface area (Å²) in [4.78, 5) is 14.9. The number of rotatable bonds is 3. The van der Waals surface area contributed by atoms with Crippen LogP contribution in [0.4, 0.5) is 5.69 Å². The number of benzene rings is 2. The van der Waals surface area contributed by atoms with Crippen molar-refractivity contribution in [3.8, 4) is 11.3 Å². The minimum Gasteiger partial charge on any atom is -0.457 e. The van der Waals surface area contributed by atoms with Gasteiger partial charge in [-0.3, -0.25) is 9.69 Å². The Hall–Kier alpha value is -2.05. The maximum absolute atomic E-state index is 12.9. The fourth-order valence-corrected chi connectivity index (χ4v) is 4.63. The van der Waals surface area contributed by atoms with Gasteiger partial charge >= 0.3 is 0 Å². The molecule has 1 fully saturated rings. The van der Waals surface area contributed by atoms with Crippen LogP contribution in [0.25, 0.3) is 17.4 Å². The highest BCUT2D eigenvalue weighted by molar-refractivity contribution is 8.27. The van der Waals surface area contributed by atoms with Gasteiger partial charge in [0.25, 0.3) is 5.91 Å². The maximum Gasteiger partial charge on any atom is 0.270 e. The predicted molar refractivity (Wildman–Crippen MR) is 121 cm³/mol. The third-order valence-corrected chi connectivity index (χ3v) is 6.00. The fraction of sp³-hybridized carbons (Fsp3) is 0.0476. The van der Waals surface area contributed by atoms with Crippen LogP contribution in [0.15, 0.2) is 63.9 Å². The van der Waals surface area contributed by atoms with Gasteiger partial charge in [-0.15, -0.1) is 0 Å². The van der Waals surface area contributed by atoms with Crippen molar-refractivity contribution in [1.82, 2.24) is 0 Å². The van der Waals surface area contributed by atoms with Gasteiger partial charge in [-0.2, -0.15) is 0 Å². The first-order valence-corrected chi connectivity index (χ1v) is 10.3. The number of nitrogens with zero attached hydrogens (tertiary/aromatic N) is 1. The number of hydrogen-bond acceptors (Lipinski definition) is 4. The Labute approximate surface area is 181 Å². The molecule has 0 atom stereocenters. The molecule has 3 aromatic rings. The largest absolute Gasteiger partial charge is 0.457 e. The number of anilines is 1. The van der Waals surface area contributed by atoms with Gasteiger partial charge in [-0.05, 0) is 55.0 Å². The molecule has 1 amide bonds. The Morgan fingerprint density at radius 3 is 2.68 bits per heavy atom. The Morgan fingerprint density at radius 2 is 1.93 bits per heavy atom. The normalized spacial score (nSPS) is 15.7. The number of hydrogen-bond donors (Lipinski definition) is 0. The average molecular weight is 446 g/mol. The lowest BCUT2D eigenvalue weighted by molar-refractivity contribution is -0.113. The van der Waals surface area contributed by atoms with Crippen LogP contribution < -0.4 is 4.90 Å². The summed E-state index contributed by atoms with van der Waals surface area (Å²) in [7, 11) is 0. The molecule has 1 aromatic heterocycles. The molecule has 2 heterocycles. The lowest BCUT2D eigenvalue weighted by Gasteiger charge is -2.14. The minimum absolute atomic E-state index is 0.164. The molecular weight excluding hydrogens is 433 g/mol. The summed E-state index contributed by atoms with van der Waals surface area (Å²) in [6.07, 6.45) is 1.70. The van der Waals surface area contributed by atoms with Crippen LogP contribution in [-0.2, 0) is 4.79 Å². The second-order valence-electron chi connectivity index (χ2n) is 6.18. The highest BCUT2D eigenvalue weighted by Crippen LogP contribution is 2.37. The lowest BCUT2D eigenvalue weighted by Crippen LogP contribution is -2.27. The van der Waals surface area contributed by atoms with Crippen molar-refractivity contribution in [2.75, 3.05) is 4.90 Å². The first kappa shape index (κ1) is 19.3. The molecule has 0 spiro atoms. The van der Waals surface area contributed by atoms with Crippen LogP contribution in [0.1, 0.15) is 11.3 Å². The molecule has 0 bridgehead atoms. The standard InChI is InChI=1S/C21H13Cl2NO2S2/c1-12-3-2-4-14(9-12)24-20(25)19(28-21(24)27)11-15-6-8-18(26-15)16-7-5-13(22)10-17(16)23/h2-11H,1H3. The van der Waals surface area contributed by atoms with Crippen molar-refractivity contribution in [3.63, 3.8) is 0 Å². The minimum atomic E-state index is -0.164. The van der Waals surface area contributed by atoms with E-state index in [2.05, 4.69) is 0 Å². The van der Waals surface area contributed by atoms with Crippen LogP contribution in [-0.4, -0.2) is 10.2 Å². The van der Waals surface area contributed by atoms with E-state index in [1.165, 1.54) is 11.8 Å². The molecule has 7 heteroatoms. The van der Waals surface area contributed by atoms with E-state index < -0.39 is 0 Å². The summed E-state index contributed by atoms with van der Waals surface area (Å²) in [6.45, 7) is 1.98. The third kappa shape index (κ3) is 3.76. The van der Waals surface area contributed by atoms with Gasteiger partial charge in [-0.25, -0.2) is 0 Å². The summed E-state index contributed by atoms with van der Waals surface area (Å²) >= 11 is 18.9. The Balaban J connectivity index is 1.62. The van der Waals surface area contributed by atoms with E-state index in [-0.39, 0.29) is 5.91 Å². The van der Waals surface area contributed by atoms with Gasteiger partial charge < -0.3 is 4.42 Å². The monoisotopic (exact) mass is 445 g/mol. The van der Waals surface area contributed by atoms with E-state index in [4.69, 9.17) is 39.8 Å². The van der Waals surface area contributed by atoms with Crippen molar-refractivity contribution in [3.05, 3.63) is 80.9 Å². The van der Waals surface area contributed by atoms with Crippen molar-refractivity contribution >= 4 is 69.2 Å². The summed E-state index contributed by atoms with van der Waals surface area (Å²) in [5.41, 5.74) is 2.56. The Bertz CT molecular complexity index is 1140. The summed E-state index contributed by atoms with van der Waals surface area (Å²) in [6, 6.07) is 16.5. The fourth-order valence-electron chi connectivity index (χ4n) is 2.85. The molecule has 1 aliphatic rings. The molecule has 1 aliphatic heterocycles.